The lowest BCUT2D eigenvalue weighted by Gasteiger charge is -2.12. The molecule has 0 saturated carbocycles. The van der Waals surface area contributed by atoms with Crippen LogP contribution in [0, 0.1) is 17.5 Å². The van der Waals surface area contributed by atoms with Crippen molar-refractivity contribution in [3.8, 4) is 11.6 Å². The number of pyridine rings is 1. The van der Waals surface area contributed by atoms with Crippen LogP contribution >= 0.6 is 11.8 Å². The van der Waals surface area contributed by atoms with E-state index in [4.69, 9.17) is 4.74 Å². The van der Waals surface area contributed by atoms with Gasteiger partial charge in [-0.15, -0.1) is 0 Å². The van der Waals surface area contributed by atoms with E-state index < -0.39 is 28.3 Å². The van der Waals surface area contributed by atoms with Gasteiger partial charge in [0.1, 0.15) is 5.82 Å². The molecular weight excluding hydrogens is 315 g/mol. The molecular formula is C15H10F3NO2S. The van der Waals surface area contributed by atoms with E-state index in [2.05, 4.69) is 11.6 Å². The van der Waals surface area contributed by atoms with Gasteiger partial charge < -0.3 is 4.74 Å². The molecule has 1 aromatic heterocycles. The Morgan fingerprint density at radius 1 is 1.32 bits per heavy atom. The number of carbonyl (C=O) groups excluding carboxylic acids is 1. The van der Waals surface area contributed by atoms with Gasteiger partial charge in [-0.1, -0.05) is 24.4 Å². The van der Waals surface area contributed by atoms with Crippen molar-refractivity contribution in [2.75, 3.05) is 6.26 Å². The average molecular weight is 325 g/mol. The molecule has 0 spiro atoms. The number of aromatic nitrogens is 1. The third kappa shape index (κ3) is 3.14. The third-order valence-corrected chi connectivity index (χ3v) is 3.29. The first-order valence-electron chi connectivity index (χ1n) is 6.00. The lowest BCUT2D eigenvalue weighted by Crippen LogP contribution is -2.04. The summed E-state index contributed by atoms with van der Waals surface area (Å²) in [5.74, 6) is -4.64. The molecule has 0 fully saturated rings. The van der Waals surface area contributed by atoms with E-state index in [1.54, 1.807) is 6.26 Å². The Bertz CT molecular complexity index is 727. The molecule has 0 saturated heterocycles. The molecule has 0 unspecified atom stereocenters. The highest BCUT2D eigenvalue weighted by atomic mass is 32.2. The van der Waals surface area contributed by atoms with Crippen molar-refractivity contribution >= 4 is 23.0 Å². The molecule has 3 nitrogen and oxygen atoms in total. The molecule has 114 valence electrons. The molecule has 0 aliphatic carbocycles. The third-order valence-electron chi connectivity index (χ3n) is 2.72. The van der Waals surface area contributed by atoms with Crippen LogP contribution in [0.4, 0.5) is 13.2 Å². The lowest BCUT2D eigenvalue weighted by molar-refractivity contribution is 0.108. The number of carbonyl (C=O) groups is 1. The molecule has 0 radical (unpaired) electrons. The van der Waals surface area contributed by atoms with Crippen molar-refractivity contribution in [2.45, 2.75) is 0 Å². The summed E-state index contributed by atoms with van der Waals surface area (Å²) in [6.45, 7) is 3.56. The maximum atomic E-state index is 13.7. The van der Waals surface area contributed by atoms with Crippen LogP contribution in [0.5, 0.6) is 11.6 Å². The van der Waals surface area contributed by atoms with E-state index in [0.717, 1.165) is 11.8 Å². The zero-order valence-corrected chi connectivity index (χ0v) is 12.2. The van der Waals surface area contributed by atoms with Crippen LogP contribution in [0.15, 0.2) is 31.0 Å². The first-order valence-corrected chi connectivity index (χ1v) is 7.22. The predicted molar refractivity (Wildman–Crippen MR) is 78.6 cm³/mol. The predicted octanol–water partition coefficient (Wildman–Crippen LogP) is 4.44. The lowest BCUT2D eigenvalue weighted by atomic mass is 10.1. The zero-order chi connectivity index (χ0) is 16.3. The van der Waals surface area contributed by atoms with Gasteiger partial charge in [0.15, 0.2) is 11.6 Å². The van der Waals surface area contributed by atoms with Crippen molar-refractivity contribution in [2.24, 2.45) is 0 Å². The quantitative estimate of drug-likeness (QED) is 0.833. The van der Waals surface area contributed by atoms with E-state index in [0.29, 0.717) is 17.7 Å². The maximum absolute atomic E-state index is 13.7. The first-order chi connectivity index (χ1) is 10.5. The van der Waals surface area contributed by atoms with Gasteiger partial charge in [0.2, 0.25) is 16.7 Å². The summed E-state index contributed by atoms with van der Waals surface area (Å²) in [6, 6.07) is 2.47. The largest absolute Gasteiger partial charge is 0.432 e. The average Bonchev–Trinajstić information content (AvgIpc) is 2.49. The maximum Gasteiger partial charge on any atom is 0.231 e. The Morgan fingerprint density at radius 2 is 1.95 bits per heavy atom. The van der Waals surface area contributed by atoms with Crippen LogP contribution in [0.2, 0.25) is 0 Å². The van der Waals surface area contributed by atoms with Gasteiger partial charge in [0.25, 0.3) is 0 Å². The summed E-state index contributed by atoms with van der Waals surface area (Å²) in [7, 11) is 0. The fourth-order valence-corrected chi connectivity index (χ4v) is 2.14. The van der Waals surface area contributed by atoms with E-state index >= 15 is 0 Å². The highest BCUT2D eigenvalue weighted by Crippen LogP contribution is 2.32. The summed E-state index contributed by atoms with van der Waals surface area (Å²) in [5, 5.41) is -0.402. The molecule has 0 aliphatic rings. The first kappa shape index (κ1) is 16.1. The van der Waals surface area contributed by atoms with Crippen LogP contribution < -0.4 is 4.74 Å². The molecule has 0 atom stereocenters. The highest BCUT2D eigenvalue weighted by Gasteiger charge is 2.21. The minimum atomic E-state index is -1.23. The summed E-state index contributed by atoms with van der Waals surface area (Å²) in [5.41, 5.74) is 0.445. The van der Waals surface area contributed by atoms with E-state index in [-0.39, 0.29) is 11.4 Å². The highest BCUT2D eigenvalue weighted by molar-refractivity contribution is 8.13. The van der Waals surface area contributed by atoms with Gasteiger partial charge in [-0.05, 0) is 17.9 Å². The summed E-state index contributed by atoms with van der Waals surface area (Å²) in [6.07, 6.45) is 4.25. The second-order valence-electron chi connectivity index (χ2n) is 4.08. The second-order valence-corrected chi connectivity index (χ2v) is 4.86. The molecule has 0 N–H and O–H groups in total. The number of hydrogen-bond acceptors (Lipinski definition) is 4. The number of rotatable bonds is 4. The molecule has 0 amide bonds. The second kappa shape index (κ2) is 6.65. The number of thioether (sulfide) groups is 1. The molecule has 1 heterocycles. The van der Waals surface area contributed by atoms with Crippen molar-refractivity contribution in [1.82, 2.24) is 4.98 Å². The monoisotopic (exact) mass is 325 g/mol. The summed E-state index contributed by atoms with van der Waals surface area (Å²) < 4.78 is 45.3. The Morgan fingerprint density at radius 3 is 2.50 bits per heavy atom. The standard InChI is InChI=1S/C15H10F3NO2S/c1-3-8-4-5-19-14(12(8)15(20)22-2)21-13-10(17)6-9(16)7-11(13)18/h3-7H,1H2,2H3. The van der Waals surface area contributed by atoms with E-state index in [1.807, 2.05) is 0 Å². The molecule has 22 heavy (non-hydrogen) atoms. The van der Waals surface area contributed by atoms with Gasteiger partial charge >= 0.3 is 0 Å². The van der Waals surface area contributed by atoms with Crippen LogP contribution in [0.25, 0.3) is 6.08 Å². The number of benzene rings is 1. The Kier molecular flexibility index (Phi) is 4.87. The number of ether oxygens (including phenoxy) is 1. The van der Waals surface area contributed by atoms with E-state index in [9.17, 15) is 18.0 Å². The zero-order valence-electron chi connectivity index (χ0n) is 11.4. The van der Waals surface area contributed by atoms with E-state index in [1.165, 1.54) is 18.3 Å². The smallest absolute Gasteiger partial charge is 0.231 e. The van der Waals surface area contributed by atoms with Crippen LogP contribution in [-0.2, 0) is 0 Å². The van der Waals surface area contributed by atoms with Gasteiger partial charge in [-0.3, -0.25) is 4.79 Å². The van der Waals surface area contributed by atoms with Crippen molar-refractivity contribution in [3.63, 3.8) is 0 Å². The van der Waals surface area contributed by atoms with Gasteiger partial charge in [0, 0.05) is 18.3 Å². The molecule has 1 aromatic carbocycles. The van der Waals surface area contributed by atoms with Crippen molar-refractivity contribution < 1.29 is 22.7 Å². The number of nitrogens with zero attached hydrogens (tertiary/aromatic N) is 1. The van der Waals surface area contributed by atoms with Gasteiger partial charge in [0.05, 0.1) is 5.56 Å². The summed E-state index contributed by atoms with van der Waals surface area (Å²) in [4.78, 5) is 15.8. The molecule has 0 bridgehead atoms. The minimum absolute atomic E-state index is 0.0353. The van der Waals surface area contributed by atoms with Crippen LogP contribution in [-0.4, -0.2) is 16.4 Å². The molecule has 2 rings (SSSR count). The van der Waals surface area contributed by atoms with Gasteiger partial charge in [-0.2, -0.15) is 0 Å². The summed E-state index contributed by atoms with van der Waals surface area (Å²) >= 11 is 0.889. The Labute approximate surface area is 128 Å². The van der Waals surface area contributed by atoms with Crippen molar-refractivity contribution in [3.05, 3.63) is 59.6 Å². The van der Waals surface area contributed by atoms with Gasteiger partial charge in [-0.25, -0.2) is 18.2 Å². The Hall–Kier alpha value is -2.28. The normalized spacial score (nSPS) is 10.4. The Balaban J connectivity index is 2.55. The topological polar surface area (TPSA) is 39.2 Å². The van der Waals surface area contributed by atoms with Crippen molar-refractivity contribution in [1.29, 1.82) is 0 Å². The van der Waals surface area contributed by atoms with Crippen LogP contribution in [0.3, 0.4) is 0 Å². The number of hydrogen-bond donors (Lipinski definition) is 0. The SMILES string of the molecule is C=Cc1ccnc(Oc2c(F)cc(F)cc2F)c1C(=O)SC. The minimum Gasteiger partial charge on any atom is -0.432 e. The molecule has 2 aromatic rings. The number of halogens is 3. The fourth-order valence-electron chi connectivity index (χ4n) is 1.73. The fraction of sp³-hybridized carbons (Fsp3) is 0.0667. The molecule has 0 aliphatic heterocycles. The molecule has 7 heteroatoms. The van der Waals surface area contributed by atoms with Crippen LogP contribution in [0.1, 0.15) is 15.9 Å².